The molecule has 1 fully saturated rings. The Labute approximate surface area is 169 Å². The molecule has 0 bridgehead atoms. The van der Waals surface area contributed by atoms with Crippen LogP contribution in [-0.2, 0) is 23.5 Å². The first kappa shape index (κ1) is 18.6. The largest absolute Gasteiger partial charge is 0.334 e. The van der Waals surface area contributed by atoms with Crippen LogP contribution in [0.2, 0.25) is 0 Å². The van der Waals surface area contributed by atoms with Gasteiger partial charge in [0.15, 0.2) is 5.82 Å². The van der Waals surface area contributed by atoms with E-state index in [4.69, 9.17) is 0 Å². The molecule has 1 N–H and O–H groups in total. The van der Waals surface area contributed by atoms with Crippen LogP contribution in [0.3, 0.4) is 0 Å². The third-order valence-corrected chi connectivity index (χ3v) is 7.18. The lowest BCUT2D eigenvalue weighted by Crippen LogP contribution is -2.19. The van der Waals surface area contributed by atoms with Gasteiger partial charge in [0.1, 0.15) is 11.3 Å². The van der Waals surface area contributed by atoms with Crippen LogP contribution < -0.4 is 4.72 Å². The molecule has 1 heterocycles. The van der Waals surface area contributed by atoms with Crippen molar-refractivity contribution in [2.24, 2.45) is 7.05 Å². The molecule has 9 heteroatoms. The fourth-order valence-corrected chi connectivity index (χ4v) is 4.86. The molecule has 0 amide bonds. The van der Waals surface area contributed by atoms with Gasteiger partial charge in [-0.2, -0.15) is 0 Å². The number of benzene rings is 2. The summed E-state index contributed by atoms with van der Waals surface area (Å²) in [5.41, 5.74) is 1.11. The Balaban J connectivity index is 1.85. The quantitative estimate of drug-likeness (QED) is 0.537. The molecule has 4 rings (SSSR count). The zero-order chi connectivity index (χ0) is 19.3. The number of aryl methyl sites for hydroxylation is 1. The highest BCUT2D eigenvalue weighted by atomic mass is 127. The van der Waals surface area contributed by atoms with Gasteiger partial charge in [0.05, 0.1) is 22.8 Å². The molecule has 5 nitrogen and oxygen atoms in total. The SMILES string of the molecule is Cn1cnc2c(F)c(Cc3ccc(I)cc3F)c(NS(=O)(=O)C3CC3)cc21. The van der Waals surface area contributed by atoms with Gasteiger partial charge >= 0.3 is 0 Å². The molecule has 0 spiro atoms. The number of sulfonamides is 1. The summed E-state index contributed by atoms with van der Waals surface area (Å²) in [5.74, 6) is -1.10. The van der Waals surface area contributed by atoms with Crippen LogP contribution in [-0.4, -0.2) is 23.2 Å². The fraction of sp³-hybridized carbons (Fsp3) is 0.278. The Kier molecular flexibility index (Phi) is 4.61. The average molecular weight is 503 g/mol. The van der Waals surface area contributed by atoms with Gasteiger partial charge in [-0.05, 0) is 59.2 Å². The second-order valence-corrected chi connectivity index (χ2v) is 9.91. The Morgan fingerprint density at radius 2 is 2.04 bits per heavy atom. The van der Waals surface area contributed by atoms with Crippen molar-refractivity contribution in [2.75, 3.05) is 4.72 Å². The van der Waals surface area contributed by atoms with E-state index in [1.54, 1.807) is 29.8 Å². The Hall–Kier alpha value is -1.75. The number of fused-ring (bicyclic) bond motifs is 1. The zero-order valence-corrected chi connectivity index (χ0v) is 17.3. The summed E-state index contributed by atoms with van der Waals surface area (Å²) in [5, 5.41) is -0.453. The van der Waals surface area contributed by atoms with E-state index in [1.165, 1.54) is 12.4 Å². The molecule has 0 unspecified atom stereocenters. The molecule has 27 heavy (non-hydrogen) atoms. The van der Waals surface area contributed by atoms with Crippen LogP contribution in [0.4, 0.5) is 14.5 Å². The molecule has 3 aromatic rings. The first-order valence-electron chi connectivity index (χ1n) is 8.34. The Morgan fingerprint density at radius 1 is 1.30 bits per heavy atom. The molecule has 1 aromatic heterocycles. The highest BCUT2D eigenvalue weighted by Crippen LogP contribution is 2.34. The minimum Gasteiger partial charge on any atom is -0.334 e. The molecular weight excluding hydrogens is 487 g/mol. The molecule has 142 valence electrons. The van der Waals surface area contributed by atoms with Crippen LogP contribution in [0.25, 0.3) is 11.0 Å². The van der Waals surface area contributed by atoms with Gasteiger partial charge in [-0.15, -0.1) is 0 Å². The first-order valence-corrected chi connectivity index (χ1v) is 11.0. The third kappa shape index (κ3) is 3.54. The second-order valence-electron chi connectivity index (χ2n) is 6.70. The molecule has 0 saturated heterocycles. The van der Waals surface area contributed by atoms with E-state index in [0.717, 1.165) is 3.57 Å². The maximum atomic E-state index is 15.2. The Bertz CT molecular complexity index is 1160. The van der Waals surface area contributed by atoms with Crippen molar-refractivity contribution < 1.29 is 17.2 Å². The van der Waals surface area contributed by atoms with Gasteiger partial charge in [0, 0.05) is 22.6 Å². The molecule has 2 aromatic carbocycles. The van der Waals surface area contributed by atoms with Gasteiger partial charge in [0.25, 0.3) is 0 Å². The van der Waals surface area contributed by atoms with Gasteiger partial charge in [-0.3, -0.25) is 4.72 Å². The Morgan fingerprint density at radius 3 is 2.70 bits per heavy atom. The molecular formula is C18H16F2IN3O2S. The smallest absolute Gasteiger partial charge is 0.235 e. The predicted octanol–water partition coefficient (Wildman–Crippen LogP) is 3.95. The summed E-state index contributed by atoms with van der Waals surface area (Å²) < 4.78 is 59.2. The summed E-state index contributed by atoms with van der Waals surface area (Å²) >= 11 is 1.99. The summed E-state index contributed by atoms with van der Waals surface area (Å²) in [6.07, 6.45) is 2.56. The van der Waals surface area contributed by atoms with Crippen LogP contribution in [0.15, 0.2) is 30.6 Å². The highest BCUT2D eigenvalue weighted by molar-refractivity contribution is 14.1. The van der Waals surface area contributed by atoms with Crippen molar-refractivity contribution in [1.82, 2.24) is 9.55 Å². The monoisotopic (exact) mass is 503 g/mol. The topological polar surface area (TPSA) is 64.0 Å². The van der Waals surface area contributed by atoms with Gasteiger partial charge < -0.3 is 4.57 Å². The van der Waals surface area contributed by atoms with Crippen molar-refractivity contribution in [3.05, 3.63) is 56.9 Å². The number of nitrogens with zero attached hydrogens (tertiary/aromatic N) is 2. The maximum absolute atomic E-state index is 15.2. The number of hydrogen-bond donors (Lipinski definition) is 1. The fourth-order valence-electron chi connectivity index (χ4n) is 3.00. The number of aromatic nitrogens is 2. The first-order chi connectivity index (χ1) is 12.8. The number of hydrogen-bond acceptors (Lipinski definition) is 3. The zero-order valence-electron chi connectivity index (χ0n) is 14.3. The average Bonchev–Trinajstić information content (AvgIpc) is 3.39. The molecule has 1 aliphatic rings. The normalized spacial score (nSPS) is 14.7. The number of nitrogens with one attached hydrogen (secondary N) is 1. The predicted molar refractivity (Wildman–Crippen MR) is 108 cm³/mol. The van der Waals surface area contributed by atoms with E-state index < -0.39 is 26.9 Å². The molecule has 0 atom stereocenters. The lowest BCUT2D eigenvalue weighted by molar-refractivity contribution is 0.599. The number of halogens is 3. The third-order valence-electron chi connectivity index (χ3n) is 4.66. The summed E-state index contributed by atoms with van der Waals surface area (Å²) in [6, 6.07) is 6.23. The summed E-state index contributed by atoms with van der Waals surface area (Å²) in [7, 11) is -1.89. The number of anilines is 1. The van der Waals surface area contributed by atoms with Crippen molar-refractivity contribution in [3.8, 4) is 0 Å². The lowest BCUT2D eigenvalue weighted by Gasteiger charge is -2.15. The summed E-state index contributed by atoms with van der Waals surface area (Å²) in [6.45, 7) is 0. The van der Waals surface area contributed by atoms with Gasteiger partial charge in [-0.25, -0.2) is 22.2 Å². The summed E-state index contributed by atoms with van der Waals surface area (Å²) in [4.78, 5) is 4.06. The van der Waals surface area contributed by atoms with E-state index in [9.17, 15) is 12.8 Å². The van der Waals surface area contributed by atoms with E-state index in [0.29, 0.717) is 18.4 Å². The van der Waals surface area contributed by atoms with Crippen molar-refractivity contribution in [2.45, 2.75) is 24.5 Å². The van der Waals surface area contributed by atoms with Crippen LogP contribution in [0.1, 0.15) is 24.0 Å². The molecule has 1 saturated carbocycles. The standard InChI is InChI=1S/C18H16F2IN3O2S/c1-24-9-22-18-16(24)8-15(23-27(25,26)12-4-5-12)13(17(18)20)6-10-2-3-11(21)7-14(10)19/h2-3,7-9,12,23H,4-6H2,1H3. The van der Waals surface area contributed by atoms with Crippen molar-refractivity contribution >= 4 is 49.3 Å². The molecule has 1 aliphatic carbocycles. The van der Waals surface area contributed by atoms with Crippen LogP contribution >= 0.6 is 22.6 Å². The van der Waals surface area contributed by atoms with Gasteiger partial charge in [0.2, 0.25) is 10.0 Å². The van der Waals surface area contributed by atoms with E-state index in [1.807, 2.05) is 22.6 Å². The number of imidazole rings is 1. The second kappa shape index (κ2) is 6.69. The molecule has 0 aliphatic heterocycles. The van der Waals surface area contributed by atoms with Crippen LogP contribution in [0.5, 0.6) is 0 Å². The van der Waals surface area contributed by atoms with Crippen LogP contribution in [0, 0.1) is 15.2 Å². The van der Waals surface area contributed by atoms with E-state index in [2.05, 4.69) is 9.71 Å². The van der Waals surface area contributed by atoms with Crippen molar-refractivity contribution in [1.29, 1.82) is 0 Å². The van der Waals surface area contributed by atoms with Gasteiger partial charge in [-0.1, -0.05) is 6.07 Å². The minimum atomic E-state index is -3.59. The highest BCUT2D eigenvalue weighted by Gasteiger charge is 2.36. The van der Waals surface area contributed by atoms with E-state index >= 15 is 4.39 Å². The lowest BCUT2D eigenvalue weighted by atomic mass is 10.0. The molecule has 0 radical (unpaired) electrons. The maximum Gasteiger partial charge on any atom is 0.235 e. The minimum absolute atomic E-state index is 0.0797. The van der Waals surface area contributed by atoms with Crippen molar-refractivity contribution in [3.63, 3.8) is 0 Å². The van der Waals surface area contributed by atoms with E-state index in [-0.39, 0.29) is 28.8 Å². The number of rotatable bonds is 5.